The van der Waals surface area contributed by atoms with Crippen LogP contribution in [0.2, 0.25) is 0 Å². The minimum absolute atomic E-state index is 0.119. The number of hydrogen-bond donors (Lipinski definition) is 10. The van der Waals surface area contributed by atoms with Gasteiger partial charge in [0.25, 0.3) is 0 Å². The first-order valence-electron chi connectivity index (χ1n) is 13.6. The molecule has 10 N–H and O–H groups in total. The van der Waals surface area contributed by atoms with Gasteiger partial charge in [0, 0.05) is 11.6 Å². The largest absolute Gasteiger partial charge is 0.508 e. The Balaban J connectivity index is 1.63. The van der Waals surface area contributed by atoms with E-state index in [-0.39, 0.29) is 22.8 Å². The molecule has 0 aliphatic carbocycles. The first-order chi connectivity index (χ1) is 21.4. The van der Waals surface area contributed by atoms with Gasteiger partial charge in [0.1, 0.15) is 59.6 Å². The van der Waals surface area contributed by atoms with Crippen LogP contribution in [-0.4, -0.2) is 133 Å². The second-order valence-electron chi connectivity index (χ2n) is 10.4. The molecule has 1 aromatic heterocycles. The van der Waals surface area contributed by atoms with Crippen molar-refractivity contribution in [2.24, 2.45) is 0 Å². The number of fused-ring (bicyclic) bond motifs is 1. The first kappa shape index (κ1) is 32.6. The number of aliphatic hydroxyl groups excluding tert-OH is 7. The van der Waals surface area contributed by atoms with Crippen molar-refractivity contribution in [1.82, 2.24) is 0 Å². The normalized spacial score (nSPS) is 32.0. The number of aliphatic hydroxyl groups is 7. The number of ether oxygens (including phenoxy) is 5. The van der Waals surface area contributed by atoms with Crippen molar-refractivity contribution in [3.05, 3.63) is 40.6 Å². The molecular weight excluding hydrogens is 608 g/mol. The lowest BCUT2D eigenvalue weighted by Crippen LogP contribution is -2.65. The van der Waals surface area contributed by atoms with Crippen LogP contribution >= 0.6 is 0 Å². The van der Waals surface area contributed by atoms with Gasteiger partial charge in [0.05, 0.1) is 20.3 Å². The molecule has 2 aliphatic heterocycles. The van der Waals surface area contributed by atoms with E-state index >= 15 is 0 Å². The summed E-state index contributed by atoms with van der Waals surface area (Å²) in [5.41, 5.74) is -1.32. The fraction of sp³-hybridized carbons (Fsp3) is 0.464. The molecule has 2 fully saturated rings. The Morgan fingerprint density at radius 1 is 0.756 bits per heavy atom. The maximum Gasteiger partial charge on any atom is 0.239 e. The van der Waals surface area contributed by atoms with Crippen LogP contribution in [0.5, 0.6) is 28.7 Å². The van der Waals surface area contributed by atoms with Gasteiger partial charge >= 0.3 is 0 Å². The zero-order chi connectivity index (χ0) is 32.7. The average molecular weight is 641 g/mol. The van der Waals surface area contributed by atoms with E-state index in [0.717, 1.165) is 6.07 Å². The number of benzene rings is 2. The SMILES string of the molecule is COc1c(O)cc(O)c2c(=O)c(OC3OC(CO)C(O)C(O)C3OC3OC(CO)C(O)C(O)C3O)c(-c3ccc(O)cc3)oc12. The van der Waals surface area contributed by atoms with E-state index in [0.29, 0.717) is 0 Å². The number of phenols is 3. The topological polar surface area (TPSA) is 279 Å². The zero-order valence-electron chi connectivity index (χ0n) is 23.4. The third-order valence-corrected chi connectivity index (χ3v) is 7.57. The molecule has 0 spiro atoms. The summed E-state index contributed by atoms with van der Waals surface area (Å²) in [5.74, 6) is -2.80. The van der Waals surface area contributed by atoms with Crippen molar-refractivity contribution in [3.63, 3.8) is 0 Å². The fourth-order valence-electron chi connectivity index (χ4n) is 5.15. The fourth-order valence-corrected chi connectivity index (χ4v) is 5.15. The van der Waals surface area contributed by atoms with E-state index in [2.05, 4.69) is 0 Å². The summed E-state index contributed by atoms with van der Waals surface area (Å²) in [6, 6.07) is 6.00. The monoisotopic (exact) mass is 640 g/mol. The van der Waals surface area contributed by atoms with E-state index < -0.39 is 108 Å². The van der Waals surface area contributed by atoms with Gasteiger partial charge in [-0.25, -0.2) is 0 Å². The Bertz CT molecular complexity index is 1560. The van der Waals surface area contributed by atoms with Gasteiger partial charge in [0.2, 0.25) is 23.2 Å². The summed E-state index contributed by atoms with van der Waals surface area (Å²) >= 11 is 0. The molecule has 45 heavy (non-hydrogen) atoms. The number of methoxy groups -OCH3 is 1. The maximum absolute atomic E-state index is 13.9. The molecule has 0 amide bonds. The molecular formula is C28H32O17. The highest BCUT2D eigenvalue weighted by atomic mass is 16.8. The second kappa shape index (κ2) is 12.9. The standard InChI is InChI=1S/C28H32O17/c1-40-23-12(33)6-11(32)15-18(36)25(22(43-24(15)23)9-2-4-10(31)5-3-9)44-28-26(20(38)17(35)14(8-30)42-28)45-27-21(39)19(37)16(34)13(7-29)41-27/h2-6,13-14,16-17,19-21,26-35,37-39H,7-8H2,1H3. The molecule has 2 saturated heterocycles. The minimum Gasteiger partial charge on any atom is -0.508 e. The van der Waals surface area contributed by atoms with Crippen LogP contribution in [0.1, 0.15) is 0 Å². The quantitative estimate of drug-likeness (QED) is 0.123. The molecule has 2 aliphatic rings. The summed E-state index contributed by atoms with van der Waals surface area (Å²) in [4.78, 5) is 13.9. The molecule has 0 saturated carbocycles. The van der Waals surface area contributed by atoms with Gasteiger partial charge in [-0.3, -0.25) is 4.79 Å². The van der Waals surface area contributed by atoms with Crippen LogP contribution < -0.4 is 14.9 Å². The van der Waals surface area contributed by atoms with Crippen LogP contribution in [0.4, 0.5) is 0 Å². The van der Waals surface area contributed by atoms with Crippen LogP contribution in [0.15, 0.2) is 39.5 Å². The van der Waals surface area contributed by atoms with Crippen LogP contribution in [0.25, 0.3) is 22.3 Å². The molecule has 10 unspecified atom stereocenters. The Hall–Kier alpha value is -3.75. The zero-order valence-corrected chi connectivity index (χ0v) is 23.4. The number of rotatable bonds is 8. The highest BCUT2D eigenvalue weighted by molar-refractivity contribution is 5.93. The lowest BCUT2D eigenvalue weighted by atomic mass is 9.97. The lowest BCUT2D eigenvalue weighted by Gasteiger charge is -2.45. The van der Waals surface area contributed by atoms with Crippen molar-refractivity contribution >= 4 is 11.0 Å². The highest BCUT2D eigenvalue weighted by Crippen LogP contribution is 2.43. The molecule has 3 heterocycles. The van der Waals surface area contributed by atoms with Crippen LogP contribution in [0.3, 0.4) is 0 Å². The van der Waals surface area contributed by atoms with Gasteiger partial charge in [-0.1, -0.05) is 0 Å². The Kier molecular flexibility index (Phi) is 9.38. The molecule has 0 radical (unpaired) electrons. The molecule has 2 aromatic carbocycles. The summed E-state index contributed by atoms with van der Waals surface area (Å²) in [5, 5.41) is 102. The molecule has 5 rings (SSSR count). The smallest absolute Gasteiger partial charge is 0.239 e. The molecule has 3 aromatic rings. The summed E-state index contributed by atoms with van der Waals surface area (Å²) in [6.07, 6.45) is -17.9. The van der Waals surface area contributed by atoms with Gasteiger partial charge < -0.3 is 79.2 Å². The number of phenolic OH excluding ortho intramolecular Hbond substituents is 3. The van der Waals surface area contributed by atoms with Crippen molar-refractivity contribution in [1.29, 1.82) is 0 Å². The number of hydrogen-bond acceptors (Lipinski definition) is 17. The van der Waals surface area contributed by atoms with Crippen LogP contribution in [0, 0.1) is 0 Å². The van der Waals surface area contributed by atoms with Crippen LogP contribution in [-0.2, 0) is 14.2 Å². The van der Waals surface area contributed by atoms with Crippen molar-refractivity contribution < 1.29 is 79.2 Å². The molecule has 17 nitrogen and oxygen atoms in total. The van der Waals surface area contributed by atoms with E-state index in [1.54, 1.807) is 0 Å². The van der Waals surface area contributed by atoms with Gasteiger partial charge in [-0.05, 0) is 24.3 Å². The predicted octanol–water partition coefficient (Wildman–Crippen LogP) is -2.41. The van der Waals surface area contributed by atoms with Gasteiger partial charge in [0.15, 0.2) is 29.5 Å². The third kappa shape index (κ3) is 5.86. The maximum atomic E-state index is 13.9. The Labute approximate surface area is 252 Å². The van der Waals surface area contributed by atoms with Crippen molar-refractivity contribution in [2.45, 2.75) is 61.4 Å². The molecule has 17 heteroatoms. The highest BCUT2D eigenvalue weighted by Gasteiger charge is 2.51. The summed E-state index contributed by atoms with van der Waals surface area (Å²) in [7, 11) is 1.18. The van der Waals surface area contributed by atoms with Crippen molar-refractivity contribution in [3.8, 4) is 40.1 Å². The van der Waals surface area contributed by atoms with Gasteiger partial charge in [-0.15, -0.1) is 0 Å². The predicted molar refractivity (Wildman–Crippen MR) is 146 cm³/mol. The molecule has 0 bridgehead atoms. The minimum atomic E-state index is -1.96. The summed E-state index contributed by atoms with van der Waals surface area (Å²) in [6.45, 7) is -1.65. The summed E-state index contributed by atoms with van der Waals surface area (Å²) < 4.78 is 33.6. The van der Waals surface area contributed by atoms with E-state index in [1.165, 1.54) is 31.4 Å². The first-order valence-corrected chi connectivity index (χ1v) is 13.6. The van der Waals surface area contributed by atoms with E-state index in [4.69, 9.17) is 28.1 Å². The average Bonchev–Trinajstić information content (AvgIpc) is 3.01. The lowest BCUT2D eigenvalue weighted by molar-refractivity contribution is -0.358. The molecule has 246 valence electrons. The Morgan fingerprint density at radius 2 is 1.36 bits per heavy atom. The van der Waals surface area contributed by atoms with E-state index in [9.17, 15) is 55.9 Å². The van der Waals surface area contributed by atoms with Gasteiger partial charge in [-0.2, -0.15) is 0 Å². The second-order valence-corrected chi connectivity index (χ2v) is 10.4. The van der Waals surface area contributed by atoms with E-state index in [1.807, 2.05) is 0 Å². The number of aromatic hydroxyl groups is 3. The Morgan fingerprint density at radius 3 is 1.96 bits per heavy atom. The van der Waals surface area contributed by atoms with Crippen molar-refractivity contribution in [2.75, 3.05) is 20.3 Å². The molecule has 10 atom stereocenters. The third-order valence-electron chi connectivity index (χ3n) is 7.57.